The maximum atomic E-state index is 12.0. The SMILES string of the molecule is COC(=O)[C@H](Cc1ccc(O)cc1)NCC(=O)OCc1ccc(SC)cc1. The van der Waals surface area contributed by atoms with Crippen molar-refractivity contribution in [1.29, 1.82) is 0 Å². The summed E-state index contributed by atoms with van der Waals surface area (Å²) in [5.74, 6) is -0.775. The molecule has 27 heavy (non-hydrogen) atoms. The minimum absolute atomic E-state index is 0.110. The Labute approximate surface area is 162 Å². The first-order valence-corrected chi connectivity index (χ1v) is 9.62. The Morgan fingerprint density at radius 1 is 1.07 bits per heavy atom. The number of hydrogen-bond donors (Lipinski definition) is 2. The lowest BCUT2D eigenvalue weighted by atomic mass is 10.1. The molecule has 0 unspecified atom stereocenters. The molecule has 0 radical (unpaired) electrons. The van der Waals surface area contributed by atoms with Crippen molar-refractivity contribution < 1.29 is 24.2 Å². The molecule has 2 N–H and O–H groups in total. The van der Waals surface area contributed by atoms with Crippen LogP contribution in [0.3, 0.4) is 0 Å². The van der Waals surface area contributed by atoms with Crippen molar-refractivity contribution in [2.24, 2.45) is 0 Å². The maximum Gasteiger partial charge on any atom is 0.323 e. The second-order valence-electron chi connectivity index (χ2n) is 5.84. The number of phenols is 1. The third kappa shape index (κ3) is 6.96. The number of phenolic OH excluding ortho intramolecular Hbond substituents is 1. The molecule has 7 heteroatoms. The average Bonchev–Trinajstić information content (AvgIpc) is 2.70. The number of nitrogens with one attached hydrogen (secondary N) is 1. The van der Waals surface area contributed by atoms with Crippen LogP contribution in [-0.4, -0.2) is 43.0 Å². The van der Waals surface area contributed by atoms with Crippen molar-refractivity contribution in [1.82, 2.24) is 5.32 Å². The molecule has 0 saturated heterocycles. The highest BCUT2D eigenvalue weighted by Gasteiger charge is 2.20. The van der Waals surface area contributed by atoms with Crippen LogP contribution in [0.1, 0.15) is 11.1 Å². The summed E-state index contributed by atoms with van der Waals surface area (Å²) in [6.45, 7) is 0.0662. The quantitative estimate of drug-likeness (QED) is 0.503. The zero-order chi connectivity index (χ0) is 19.6. The Bertz CT molecular complexity index is 746. The van der Waals surface area contributed by atoms with Crippen LogP contribution in [0.15, 0.2) is 53.4 Å². The first kappa shape index (κ1) is 20.8. The van der Waals surface area contributed by atoms with E-state index in [0.717, 1.165) is 16.0 Å². The number of carbonyl (C=O) groups excluding carboxylic acids is 2. The molecule has 0 heterocycles. The van der Waals surface area contributed by atoms with Gasteiger partial charge in [-0.1, -0.05) is 24.3 Å². The van der Waals surface area contributed by atoms with E-state index in [1.54, 1.807) is 36.0 Å². The van der Waals surface area contributed by atoms with Gasteiger partial charge < -0.3 is 14.6 Å². The maximum absolute atomic E-state index is 12.0. The van der Waals surface area contributed by atoms with Crippen molar-refractivity contribution >= 4 is 23.7 Å². The van der Waals surface area contributed by atoms with E-state index in [2.05, 4.69) is 5.32 Å². The smallest absolute Gasteiger partial charge is 0.323 e. The van der Waals surface area contributed by atoms with Crippen LogP contribution in [0, 0.1) is 0 Å². The number of aromatic hydroxyl groups is 1. The molecule has 2 rings (SSSR count). The Hall–Kier alpha value is -2.51. The number of hydrogen-bond acceptors (Lipinski definition) is 7. The van der Waals surface area contributed by atoms with Crippen molar-refractivity contribution in [3.05, 3.63) is 59.7 Å². The number of methoxy groups -OCH3 is 1. The molecule has 0 bridgehead atoms. The fraction of sp³-hybridized carbons (Fsp3) is 0.300. The molecule has 0 aliphatic heterocycles. The number of thioether (sulfide) groups is 1. The normalized spacial score (nSPS) is 11.6. The van der Waals surface area contributed by atoms with Crippen molar-refractivity contribution in [3.63, 3.8) is 0 Å². The zero-order valence-electron chi connectivity index (χ0n) is 15.3. The van der Waals surface area contributed by atoms with E-state index >= 15 is 0 Å². The first-order valence-electron chi connectivity index (χ1n) is 8.39. The molecule has 2 aromatic rings. The van der Waals surface area contributed by atoms with Gasteiger partial charge in [-0.25, -0.2) is 0 Å². The van der Waals surface area contributed by atoms with Crippen molar-refractivity contribution in [2.75, 3.05) is 19.9 Å². The second-order valence-corrected chi connectivity index (χ2v) is 6.72. The van der Waals surface area contributed by atoms with E-state index in [1.165, 1.54) is 7.11 Å². The summed E-state index contributed by atoms with van der Waals surface area (Å²) in [5, 5.41) is 12.2. The van der Waals surface area contributed by atoms with Gasteiger partial charge in [0.15, 0.2) is 0 Å². The van der Waals surface area contributed by atoms with Gasteiger partial charge in [-0.2, -0.15) is 0 Å². The van der Waals surface area contributed by atoms with Crippen LogP contribution in [0.4, 0.5) is 0 Å². The number of ether oxygens (including phenoxy) is 2. The molecule has 0 amide bonds. The van der Waals surface area contributed by atoms with E-state index in [9.17, 15) is 14.7 Å². The molecule has 2 aromatic carbocycles. The second kappa shape index (κ2) is 10.6. The van der Waals surface area contributed by atoms with Gasteiger partial charge in [0.25, 0.3) is 0 Å². The summed E-state index contributed by atoms with van der Waals surface area (Å²) in [6.07, 6.45) is 2.33. The molecular weight excluding hydrogens is 366 g/mol. The third-order valence-corrected chi connectivity index (χ3v) is 4.66. The molecule has 0 saturated carbocycles. The Balaban J connectivity index is 1.84. The lowest BCUT2D eigenvalue weighted by molar-refractivity contribution is -0.145. The highest BCUT2D eigenvalue weighted by molar-refractivity contribution is 7.98. The summed E-state index contributed by atoms with van der Waals surface area (Å²) in [7, 11) is 1.30. The fourth-order valence-corrected chi connectivity index (χ4v) is 2.80. The highest BCUT2D eigenvalue weighted by Crippen LogP contribution is 2.15. The predicted molar refractivity (Wildman–Crippen MR) is 104 cm³/mol. The molecule has 0 aromatic heterocycles. The zero-order valence-corrected chi connectivity index (χ0v) is 16.1. The summed E-state index contributed by atoms with van der Waals surface area (Å²) >= 11 is 1.64. The summed E-state index contributed by atoms with van der Waals surface area (Å²) in [5.41, 5.74) is 1.73. The van der Waals surface area contributed by atoms with Gasteiger partial charge in [0.2, 0.25) is 0 Å². The number of benzene rings is 2. The minimum Gasteiger partial charge on any atom is -0.508 e. The lowest BCUT2D eigenvalue weighted by Crippen LogP contribution is -2.42. The standard InChI is InChI=1S/C20H23NO5S/c1-25-20(24)18(11-14-3-7-16(22)8-4-14)21-12-19(23)26-13-15-5-9-17(27-2)10-6-15/h3-10,18,21-22H,11-13H2,1-2H3/t18-/m0/s1. The fourth-order valence-electron chi connectivity index (χ4n) is 2.39. The van der Waals surface area contributed by atoms with E-state index in [4.69, 9.17) is 9.47 Å². The van der Waals surface area contributed by atoms with Gasteiger partial charge in [0, 0.05) is 4.90 Å². The van der Waals surface area contributed by atoms with Crippen molar-refractivity contribution in [3.8, 4) is 5.75 Å². The third-order valence-electron chi connectivity index (χ3n) is 3.91. The Kier molecular flexibility index (Phi) is 8.16. The Morgan fingerprint density at radius 3 is 2.30 bits per heavy atom. The van der Waals surface area contributed by atoms with E-state index in [1.807, 2.05) is 30.5 Å². The molecule has 6 nitrogen and oxygen atoms in total. The van der Waals surface area contributed by atoms with Gasteiger partial charge >= 0.3 is 11.9 Å². The Morgan fingerprint density at radius 2 is 1.70 bits per heavy atom. The van der Waals surface area contributed by atoms with Crippen LogP contribution in [0.25, 0.3) is 0 Å². The van der Waals surface area contributed by atoms with Crippen LogP contribution in [-0.2, 0) is 32.1 Å². The highest BCUT2D eigenvalue weighted by atomic mass is 32.2. The van der Waals surface area contributed by atoms with Gasteiger partial charge in [-0.05, 0) is 48.1 Å². The van der Waals surface area contributed by atoms with E-state index in [-0.39, 0.29) is 18.9 Å². The molecule has 0 fully saturated rings. The lowest BCUT2D eigenvalue weighted by Gasteiger charge is -2.16. The van der Waals surface area contributed by atoms with E-state index in [0.29, 0.717) is 6.42 Å². The van der Waals surface area contributed by atoms with Crippen LogP contribution in [0.5, 0.6) is 5.75 Å². The van der Waals surface area contributed by atoms with Gasteiger partial charge in [0.05, 0.1) is 13.7 Å². The molecule has 0 spiro atoms. The van der Waals surface area contributed by atoms with Crippen molar-refractivity contribution in [2.45, 2.75) is 24.0 Å². The molecule has 144 valence electrons. The monoisotopic (exact) mass is 389 g/mol. The number of esters is 2. The van der Waals surface area contributed by atoms with Gasteiger partial charge in [0.1, 0.15) is 18.4 Å². The summed E-state index contributed by atoms with van der Waals surface area (Å²) < 4.78 is 10.0. The molecule has 0 aliphatic rings. The summed E-state index contributed by atoms with van der Waals surface area (Å²) in [6, 6.07) is 13.6. The number of rotatable bonds is 9. The first-order chi connectivity index (χ1) is 13.0. The van der Waals surface area contributed by atoms with E-state index < -0.39 is 18.0 Å². The van der Waals surface area contributed by atoms with Crippen LogP contribution < -0.4 is 5.32 Å². The predicted octanol–water partition coefficient (Wildman–Crippen LogP) is 2.53. The molecule has 0 aliphatic carbocycles. The minimum atomic E-state index is -0.687. The average molecular weight is 389 g/mol. The van der Waals surface area contributed by atoms with Crippen LogP contribution >= 0.6 is 11.8 Å². The molecule has 1 atom stereocenters. The van der Waals surface area contributed by atoms with Gasteiger partial charge in [-0.15, -0.1) is 11.8 Å². The van der Waals surface area contributed by atoms with Gasteiger partial charge in [-0.3, -0.25) is 14.9 Å². The largest absolute Gasteiger partial charge is 0.508 e. The summed E-state index contributed by atoms with van der Waals surface area (Å²) in [4.78, 5) is 25.1. The molecular formula is C20H23NO5S. The topological polar surface area (TPSA) is 84.9 Å². The number of carbonyl (C=O) groups is 2. The van der Waals surface area contributed by atoms with Crippen LogP contribution in [0.2, 0.25) is 0 Å².